The second-order valence-electron chi connectivity index (χ2n) is 4.72. The molecule has 3 aromatic rings. The monoisotopic (exact) mass is 361 g/mol. The fourth-order valence-electron chi connectivity index (χ4n) is 1.94. The van der Waals surface area contributed by atoms with Gasteiger partial charge in [0, 0.05) is 11.9 Å². The van der Waals surface area contributed by atoms with E-state index in [0.29, 0.717) is 11.5 Å². The third-order valence-corrected chi connectivity index (χ3v) is 3.56. The van der Waals surface area contributed by atoms with Crippen molar-refractivity contribution < 1.29 is 13.2 Å². The molecule has 120 valence electrons. The van der Waals surface area contributed by atoms with Crippen molar-refractivity contribution in [2.45, 2.75) is 13.1 Å². The number of hydrogen-bond acceptors (Lipinski definition) is 3. The highest BCUT2D eigenvalue weighted by Gasteiger charge is 2.32. The maximum atomic E-state index is 12.7. The van der Waals surface area contributed by atoms with Crippen molar-refractivity contribution >= 4 is 23.2 Å². The minimum atomic E-state index is -4.54. The second-order valence-corrected chi connectivity index (χ2v) is 5.53. The zero-order valence-electron chi connectivity index (χ0n) is 11.5. The molecule has 0 saturated heterocycles. The van der Waals surface area contributed by atoms with E-state index in [-0.39, 0.29) is 15.7 Å². The predicted octanol–water partition coefficient (Wildman–Crippen LogP) is 4.29. The molecule has 3 rings (SSSR count). The maximum absolute atomic E-state index is 12.7. The Balaban J connectivity index is 2.04. The zero-order valence-corrected chi connectivity index (χ0v) is 13.0. The summed E-state index contributed by atoms with van der Waals surface area (Å²) in [5.41, 5.74) is 0.367. The first kappa shape index (κ1) is 15.8. The average molecular weight is 362 g/mol. The van der Waals surface area contributed by atoms with Gasteiger partial charge in [-0.1, -0.05) is 23.2 Å². The third kappa shape index (κ3) is 3.04. The maximum Gasteiger partial charge on any atom is 0.416 e. The van der Waals surface area contributed by atoms with E-state index in [4.69, 9.17) is 23.2 Å². The Labute approximate surface area is 138 Å². The highest BCUT2D eigenvalue weighted by molar-refractivity contribution is 6.37. The quantitative estimate of drug-likeness (QED) is 0.740. The van der Waals surface area contributed by atoms with Gasteiger partial charge >= 0.3 is 6.18 Å². The van der Waals surface area contributed by atoms with Crippen LogP contribution >= 0.6 is 23.2 Å². The number of nitrogens with one attached hydrogen (secondary N) is 1. The Morgan fingerprint density at radius 3 is 2.30 bits per heavy atom. The molecule has 0 aliphatic heterocycles. The number of imidazole rings is 1. The van der Waals surface area contributed by atoms with E-state index in [9.17, 15) is 13.2 Å². The molecule has 0 bridgehead atoms. The van der Waals surface area contributed by atoms with Crippen LogP contribution in [0.4, 0.5) is 13.2 Å². The first-order valence-corrected chi connectivity index (χ1v) is 7.02. The molecule has 0 radical (unpaired) electrons. The number of hydrogen-bond donors (Lipinski definition) is 1. The lowest BCUT2D eigenvalue weighted by Crippen LogP contribution is -2.07. The molecule has 0 unspecified atom stereocenters. The lowest BCUT2D eigenvalue weighted by molar-refractivity contribution is -0.137. The first-order chi connectivity index (χ1) is 10.8. The van der Waals surface area contributed by atoms with Gasteiger partial charge in [0.25, 0.3) is 0 Å². The molecular formula is C13H8Cl2F3N5. The molecule has 0 aliphatic rings. The number of aryl methyl sites for hydroxylation is 1. The Bertz CT molecular complexity index is 846. The van der Waals surface area contributed by atoms with Gasteiger partial charge in [0.2, 0.25) is 0 Å². The third-order valence-electron chi connectivity index (χ3n) is 2.98. The van der Waals surface area contributed by atoms with Crippen molar-refractivity contribution in [3.8, 4) is 17.2 Å². The number of benzene rings is 1. The molecule has 0 fully saturated rings. The van der Waals surface area contributed by atoms with Crippen molar-refractivity contribution in [3.05, 3.63) is 45.8 Å². The zero-order chi connectivity index (χ0) is 16.8. The molecule has 23 heavy (non-hydrogen) atoms. The lowest BCUT2D eigenvalue weighted by atomic mass is 10.2. The van der Waals surface area contributed by atoms with Crippen molar-refractivity contribution in [1.29, 1.82) is 0 Å². The van der Waals surface area contributed by atoms with E-state index >= 15 is 0 Å². The van der Waals surface area contributed by atoms with Crippen LogP contribution in [-0.4, -0.2) is 25.0 Å². The van der Waals surface area contributed by atoms with Crippen molar-refractivity contribution in [1.82, 2.24) is 25.0 Å². The molecule has 1 N–H and O–H groups in total. The second kappa shape index (κ2) is 5.54. The molecule has 1 aromatic carbocycles. The molecule has 2 heterocycles. The standard InChI is InChI=1S/C13H8Cl2F3N5/c1-6-4-19-12(21-6)10-5-20-23(22-10)11-8(14)2-7(3-9(11)15)13(16,17)18/h2-5H,1H3,(H,19,21). The van der Waals surface area contributed by atoms with Gasteiger partial charge in [0.05, 0.1) is 21.8 Å². The minimum Gasteiger partial charge on any atom is -0.341 e. The van der Waals surface area contributed by atoms with Crippen LogP contribution in [0, 0.1) is 6.92 Å². The average Bonchev–Trinajstić information content (AvgIpc) is 3.06. The molecule has 0 atom stereocenters. The molecule has 0 saturated carbocycles. The minimum absolute atomic E-state index is 0.0656. The van der Waals surface area contributed by atoms with Crippen LogP contribution in [-0.2, 0) is 6.18 Å². The number of rotatable bonds is 2. The number of nitrogens with zero attached hydrogens (tertiary/aromatic N) is 4. The van der Waals surface area contributed by atoms with Crippen LogP contribution in [0.15, 0.2) is 24.5 Å². The topological polar surface area (TPSA) is 59.4 Å². The predicted molar refractivity (Wildman–Crippen MR) is 78.7 cm³/mol. The van der Waals surface area contributed by atoms with Gasteiger partial charge in [-0.2, -0.15) is 18.3 Å². The molecule has 0 aliphatic carbocycles. The van der Waals surface area contributed by atoms with E-state index in [0.717, 1.165) is 22.6 Å². The van der Waals surface area contributed by atoms with Crippen LogP contribution in [0.2, 0.25) is 10.0 Å². The van der Waals surface area contributed by atoms with E-state index in [1.807, 2.05) is 6.92 Å². The lowest BCUT2D eigenvalue weighted by Gasteiger charge is -2.11. The highest BCUT2D eigenvalue weighted by Crippen LogP contribution is 2.37. The molecule has 0 amide bonds. The first-order valence-electron chi connectivity index (χ1n) is 6.26. The Kier molecular flexibility index (Phi) is 3.81. The van der Waals surface area contributed by atoms with Crippen molar-refractivity contribution in [3.63, 3.8) is 0 Å². The Morgan fingerprint density at radius 1 is 1.13 bits per heavy atom. The van der Waals surface area contributed by atoms with Gasteiger partial charge in [-0.15, -0.1) is 9.90 Å². The fraction of sp³-hybridized carbons (Fsp3) is 0.154. The van der Waals surface area contributed by atoms with E-state index in [1.165, 1.54) is 6.20 Å². The molecule has 10 heteroatoms. The summed E-state index contributed by atoms with van der Waals surface area (Å²) in [4.78, 5) is 8.14. The number of aromatic nitrogens is 5. The fourth-order valence-corrected chi connectivity index (χ4v) is 2.58. The van der Waals surface area contributed by atoms with Crippen LogP contribution in [0.3, 0.4) is 0 Å². The van der Waals surface area contributed by atoms with Crippen molar-refractivity contribution in [2.75, 3.05) is 0 Å². The molecule has 5 nitrogen and oxygen atoms in total. The smallest absolute Gasteiger partial charge is 0.341 e. The summed E-state index contributed by atoms with van der Waals surface area (Å²) in [6, 6.07) is 1.56. The number of halogens is 5. The van der Waals surface area contributed by atoms with E-state index in [1.54, 1.807) is 6.20 Å². The number of H-pyrrole nitrogens is 1. The van der Waals surface area contributed by atoms with Crippen molar-refractivity contribution in [2.24, 2.45) is 0 Å². The Morgan fingerprint density at radius 2 is 1.78 bits per heavy atom. The van der Waals surface area contributed by atoms with Gasteiger partial charge < -0.3 is 4.98 Å². The molecule has 2 aromatic heterocycles. The van der Waals surface area contributed by atoms with Crippen LogP contribution in [0.25, 0.3) is 17.2 Å². The normalized spacial score (nSPS) is 11.9. The van der Waals surface area contributed by atoms with E-state index in [2.05, 4.69) is 20.2 Å². The summed E-state index contributed by atoms with van der Waals surface area (Å²) in [6.45, 7) is 1.82. The van der Waals surface area contributed by atoms with Crippen LogP contribution in [0.5, 0.6) is 0 Å². The number of alkyl halides is 3. The van der Waals surface area contributed by atoms with Gasteiger partial charge in [-0.05, 0) is 19.1 Å². The molecular weight excluding hydrogens is 354 g/mol. The summed E-state index contributed by atoms with van der Waals surface area (Å²) in [6.07, 6.45) is -1.52. The number of aromatic amines is 1. The van der Waals surface area contributed by atoms with Crippen LogP contribution < -0.4 is 0 Å². The summed E-state index contributed by atoms with van der Waals surface area (Å²) >= 11 is 11.9. The van der Waals surface area contributed by atoms with Crippen LogP contribution in [0.1, 0.15) is 11.3 Å². The molecule has 0 spiro atoms. The highest BCUT2D eigenvalue weighted by atomic mass is 35.5. The van der Waals surface area contributed by atoms with Gasteiger partial charge in [-0.25, -0.2) is 4.98 Å². The summed E-state index contributed by atoms with van der Waals surface area (Å²) in [5.74, 6) is 0.480. The van der Waals surface area contributed by atoms with Gasteiger partial charge in [0.1, 0.15) is 11.4 Å². The van der Waals surface area contributed by atoms with Gasteiger partial charge in [-0.3, -0.25) is 0 Å². The summed E-state index contributed by atoms with van der Waals surface area (Å²) in [7, 11) is 0. The van der Waals surface area contributed by atoms with Gasteiger partial charge in [0.15, 0.2) is 5.82 Å². The Hall–Kier alpha value is -2.06. The largest absolute Gasteiger partial charge is 0.416 e. The van der Waals surface area contributed by atoms with E-state index < -0.39 is 11.7 Å². The summed E-state index contributed by atoms with van der Waals surface area (Å²) < 4.78 is 38.2. The SMILES string of the molecule is Cc1cnc(-c2cnn(-c3c(Cl)cc(C(F)(F)F)cc3Cl)n2)[nH]1. The summed E-state index contributed by atoms with van der Waals surface area (Å²) in [5, 5.41) is 7.71.